The Labute approximate surface area is 394 Å². The molecule has 67 heavy (non-hydrogen) atoms. The van der Waals surface area contributed by atoms with Crippen LogP contribution in [0.5, 0.6) is 0 Å². The Morgan fingerprint density at radius 3 is 1.58 bits per heavy atom. The number of rotatable bonds is 5. The molecule has 10 aromatic rings. The molecule has 0 spiro atoms. The summed E-state index contributed by atoms with van der Waals surface area (Å²) in [6.07, 6.45) is 0. The van der Waals surface area contributed by atoms with Crippen molar-refractivity contribution in [3.8, 4) is 33.4 Å². The van der Waals surface area contributed by atoms with Crippen LogP contribution in [0.25, 0.3) is 55.3 Å². The first-order valence-corrected chi connectivity index (χ1v) is 23.9. The maximum absolute atomic E-state index is 6.93. The molecule has 0 N–H and O–H groups in total. The second-order valence-electron chi connectivity index (χ2n) is 21.3. The van der Waals surface area contributed by atoms with Gasteiger partial charge >= 0.3 is 0 Å². The molecule has 1 aromatic heterocycles. The van der Waals surface area contributed by atoms with E-state index in [0.29, 0.717) is 0 Å². The highest BCUT2D eigenvalue weighted by Crippen LogP contribution is 2.58. The summed E-state index contributed by atoms with van der Waals surface area (Å²) in [5, 5.41) is 2.34. The Bertz CT molecular complexity index is 3640. The quantitative estimate of drug-likeness (QED) is 0.171. The third-order valence-electron chi connectivity index (χ3n) is 15.9. The summed E-state index contributed by atoms with van der Waals surface area (Å²) < 4.78 is 6.93. The minimum Gasteiger partial charge on any atom is -0.455 e. The first-order valence-electron chi connectivity index (χ1n) is 23.9. The van der Waals surface area contributed by atoms with Crippen molar-refractivity contribution < 1.29 is 4.42 Å². The monoisotopic (exact) mass is 863 g/mol. The van der Waals surface area contributed by atoms with Crippen molar-refractivity contribution in [2.75, 3.05) is 4.90 Å². The second kappa shape index (κ2) is 13.8. The molecule has 2 heteroatoms. The van der Waals surface area contributed by atoms with Gasteiger partial charge in [0.05, 0.1) is 5.41 Å². The number of anilines is 3. The fourth-order valence-electron chi connectivity index (χ4n) is 12.5. The van der Waals surface area contributed by atoms with Crippen LogP contribution in [-0.4, -0.2) is 0 Å². The van der Waals surface area contributed by atoms with Gasteiger partial charge in [-0.05, 0) is 126 Å². The molecule has 324 valence electrons. The van der Waals surface area contributed by atoms with Gasteiger partial charge in [-0.2, -0.15) is 0 Å². The van der Waals surface area contributed by atoms with Crippen LogP contribution in [0, 0.1) is 0 Å². The van der Waals surface area contributed by atoms with E-state index in [1.165, 1.54) is 94.2 Å². The molecule has 0 saturated heterocycles. The summed E-state index contributed by atoms with van der Waals surface area (Å²) in [5.74, 6) is 0. The largest absolute Gasteiger partial charge is 0.455 e. The van der Waals surface area contributed by atoms with Crippen LogP contribution in [-0.2, 0) is 21.7 Å². The van der Waals surface area contributed by atoms with Gasteiger partial charge < -0.3 is 9.32 Å². The Hall–Kier alpha value is -7.42. The SMILES string of the molecule is CC(C)(C)c1ccc2c(c1)oc1c3c(ccc12)C(C)(C)c1cc(N(c2cccc(C4(c5ccccc5)c5ccccc5-c5ccccc54)c2)c2ccc4c(c2)C(C)(C)c2ccccc2-4)ccc1-3. The number of hydrogen-bond acceptors (Lipinski definition) is 2. The first kappa shape index (κ1) is 39.9. The topological polar surface area (TPSA) is 16.4 Å². The summed E-state index contributed by atoms with van der Waals surface area (Å²) in [6, 6.07) is 73.3. The number of benzene rings is 9. The molecule has 0 saturated carbocycles. The van der Waals surface area contributed by atoms with Crippen molar-refractivity contribution in [1.82, 2.24) is 0 Å². The summed E-state index contributed by atoms with van der Waals surface area (Å²) in [7, 11) is 0. The van der Waals surface area contributed by atoms with Gasteiger partial charge in [-0.3, -0.25) is 0 Å². The lowest BCUT2D eigenvalue weighted by Gasteiger charge is -2.35. The summed E-state index contributed by atoms with van der Waals surface area (Å²) in [4.78, 5) is 2.51. The summed E-state index contributed by atoms with van der Waals surface area (Å²) >= 11 is 0. The zero-order chi connectivity index (χ0) is 45.6. The average molecular weight is 864 g/mol. The van der Waals surface area contributed by atoms with Gasteiger partial charge in [0, 0.05) is 44.2 Å². The Balaban J connectivity index is 1.04. The average Bonchev–Trinajstić information content (AvgIpc) is 4.01. The van der Waals surface area contributed by atoms with E-state index in [4.69, 9.17) is 4.42 Å². The van der Waals surface area contributed by atoms with Gasteiger partial charge in [0.1, 0.15) is 11.2 Å². The lowest BCUT2D eigenvalue weighted by atomic mass is 9.67. The Morgan fingerprint density at radius 1 is 0.388 bits per heavy atom. The molecule has 0 radical (unpaired) electrons. The zero-order valence-electron chi connectivity index (χ0n) is 39.3. The third kappa shape index (κ3) is 5.45. The normalized spacial score (nSPS) is 15.4. The van der Waals surface area contributed by atoms with Gasteiger partial charge in [-0.25, -0.2) is 0 Å². The highest BCUT2D eigenvalue weighted by molar-refractivity contribution is 6.12. The molecule has 0 fully saturated rings. The van der Waals surface area contributed by atoms with Crippen LogP contribution < -0.4 is 4.90 Å². The van der Waals surface area contributed by atoms with Crippen molar-refractivity contribution in [2.24, 2.45) is 0 Å². The molecule has 3 aliphatic carbocycles. The maximum Gasteiger partial charge on any atom is 0.143 e. The minimum atomic E-state index is -0.523. The van der Waals surface area contributed by atoms with Crippen molar-refractivity contribution in [3.63, 3.8) is 0 Å². The van der Waals surface area contributed by atoms with E-state index in [-0.39, 0.29) is 16.2 Å². The summed E-state index contributed by atoms with van der Waals surface area (Å²) in [5.41, 5.74) is 23.8. The lowest BCUT2D eigenvalue weighted by Crippen LogP contribution is -2.28. The smallest absolute Gasteiger partial charge is 0.143 e. The van der Waals surface area contributed by atoms with E-state index in [0.717, 1.165) is 28.2 Å². The number of furan rings is 1. The van der Waals surface area contributed by atoms with Crippen molar-refractivity contribution in [1.29, 1.82) is 0 Å². The highest BCUT2D eigenvalue weighted by atomic mass is 16.3. The third-order valence-corrected chi connectivity index (χ3v) is 15.9. The molecule has 0 atom stereocenters. The van der Waals surface area contributed by atoms with Crippen LogP contribution in [0.3, 0.4) is 0 Å². The molecular formula is C65H53NO. The molecule has 9 aromatic carbocycles. The predicted molar refractivity (Wildman–Crippen MR) is 280 cm³/mol. The fourth-order valence-corrected chi connectivity index (χ4v) is 12.5. The number of nitrogens with zero attached hydrogens (tertiary/aromatic N) is 1. The molecule has 1 heterocycles. The maximum atomic E-state index is 6.93. The fraction of sp³-hybridized carbons (Fsp3) is 0.169. The Kier molecular flexibility index (Phi) is 8.23. The van der Waals surface area contributed by atoms with E-state index in [2.05, 4.69) is 247 Å². The van der Waals surface area contributed by atoms with E-state index in [1.54, 1.807) is 0 Å². The Morgan fingerprint density at radius 2 is 0.910 bits per heavy atom. The van der Waals surface area contributed by atoms with E-state index >= 15 is 0 Å². The first-order chi connectivity index (χ1) is 32.4. The molecule has 0 aliphatic heterocycles. The van der Waals surface area contributed by atoms with Crippen LogP contribution in [0.15, 0.2) is 199 Å². The van der Waals surface area contributed by atoms with Gasteiger partial charge in [-0.15, -0.1) is 0 Å². The standard InChI is InChI=1S/C65H53NO/c1-62(2,3)41-28-31-50-51-34-35-56-60(61(51)67-59(50)37-41)52-33-30-45(39-58(52)64(56,6)7)66(44-29-32-49-46-22-11-14-25-53(46)63(4,5)57(49)38-44)43-21-17-20-42(36-43)65(40-18-9-8-10-19-40)54-26-15-12-23-47(54)48-24-13-16-27-55(48)65/h8-39H,1-7H3. The van der Waals surface area contributed by atoms with E-state index in [9.17, 15) is 0 Å². The highest BCUT2D eigenvalue weighted by Gasteiger charge is 2.46. The molecule has 13 rings (SSSR count). The van der Waals surface area contributed by atoms with Gasteiger partial charge in [0.2, 0.25) is 0 Å². The second-order valence-corrected chi connectivity index (χ2v) is 21.3. The number of fused-ring (bicyclic) bond motifs is 13. The molecule has 0 amide bonds. The van der Waals surface area contributed by atoms with Crippen molar-refractivity contribution in [2.45, 2.75) is 70.1 Å². The molecule has 0 unspecified atom stereocenters. The molecular weight excluding hydrogens is 811 g/mol. The van der Waals surface area contributed by atoms with E-state index < -0.39 is 5.41 Å². The molecule has 0 bridgehead atoms. The summed E-state index contributed by atoms with van der Waals surface area (Å²) in [6.45, 7) is 16.3. The molecule has 3 aliphatic rings. The molecule has 2 nitrogen and oxygen atoms in total. The zero-order valence-corrected chi connectivity index (χ0v) is 39.3. The van der Waals surface area contributed by atoms with Gasteiger partial charge in [0.15, 0.2) is 0 Å². The van der Waals surface area contributed by atoms with Gasteiger partial charge in [0.25, 0.3) is 0 Å². The van der Waals surface area contributed by atoms with Crippen LogP contribution in [0.4, 0.5) is 17.1 Å². The number of hydrogen-bond donors (Lipinski definition) is 0. The van der Waals surface area contributed by atoms with Crippen LogP contribution >= 0.6 is 0 Å². The van der Waals surface area contributed by atoms with Crippen molar-refractivity contribution in [3.05, 3.63) is 244 Å². The van der Waals surface area contributed by atoms with Crippen LogP contribution in [0.1, 0.15) is 98.5 Å². The van der Waals surface area contributed by atoms with Crippen molar-refractivity contribution >= 4 is 39.0 Å². The lowest BCUT2D eigenvalue weighted by molar-refractivity contribution is 0.587. The predicted octanol–water partition coefficient (Wildman–Crippen LogP) is 17.3. The van der Waals surface area contributed by atoms with Crippen LogP contribution in [0.2, 0.25) is 0 Å². The van der Waals surface area contributed by atoms with E-state index in [1.807, 2.05) is 0 Å². The minimum absolute atomic E-state index is 0.0261. The van der Waals surface area contributed by atoms with Gasteiger partial charge in [-0.1, -0.05) is 200 Å².